The quantitative estimate of drug-likeness (QED) is 0.397. The van der Waals surface area contributed by atoms with E-state index in [2.05, 4.69) is 32.7 Å². The molecule has 1 aliphatic rings. The number of benzene rings is 1. The fourth-order valence-corrected chi connectivity index (χ4v) is 3.10. The van der Waals surface area contributed by atoms with E-state index in [1.165, 1.54) is 0 Å². The lowest BCUT2D eigenvalue weighted by atomic mass is 10.2. The third-order valence-electron chi connectivity index (χ3n) is 4.54. The molecule has 0 saturated heterocycles. The fourth-order valence-electron chi connectivity index (χ4n) is 3.10. The molecule has 2 N–H and O–H groups in total. The van der Waals surface area contributed by atoms with Gasteiger partial charge in [0.05, 0.1) is 5.69 Å². The van der Waals surface area contributed by atoms with Gasteiger partial charge in [0.2, 0.25) is 0 Å². The number of aliphatic imine (C=N–C) groups is 1. The van der Waals surface area contributed by atoms with Gasteiger partial charge in [-0.2, -0.15) is 0 Å². The Hall–Kier alpha value is -3.10. The molecule has 0 fully saturated rings. The minimum atomic E-state index is -0.0122. The topological polar surface area (TPSA) is 96.7 Å². The summed E-state index contributed by atoms with van der Waals surface area (Å²) in [7, 11) is 1.74. The lowest BCUT2D eigenvalue weighted by Crippen LogP contribution is -2.42. The van der Waals surface area contributed by atoms with Gasteiger partial charge in [0.1, 0.15) is 17.9 Å². The van der Waals surface area contributed by atoms with Crippen molar-refractivity contribution in [1.29, 1.82) is 0 Å². The van der Waals surface area contributed by atoms with Gasteiger partial charge in [0.15, 0.2) is 12.6 Å². The van der Waals surface area contributed by atoms with E-state index in [1.807, 2.05) is 28.8 Å². The van der Waals surface area contributed by atoms with Crippen molar-refractivity contribution in [2.75, 3.05) is 38.2 Å². The summed E-state index contributed by atoms with van der Waals surface area (Å²) in [4.78, 5) is 18.2. The summed E-state index contributed by atoms with van der Waals surface area (Å²) in [6.45, 7) is 4.99. The van der Waals surface area contributed by atoms with Crippen LogP contribution in [-0.4, -0.2) is 59.9 Å². The molecule has 2 heterocycles. The van der Waals surface area contributed by atoms with Crippen LogP contribution in [0.15, 0.2) is 35.6 Å². The summed E-state index contributed by atoms with van der Waals surface area (Å²) in [6, 6.07) is 7.62. The standard InChI is InChI=1S/C19H27N7O2/c1-3-17-24-23-14-25(17)12-10-22-19(20-2)21-9-6-11-26-15-7-4-5-8-16(15)28-13-18(26)27/h4-5,7-8,14H,3,6,9-13H2,1-2H3,(H2,20,21,22). The van der Waals surface area contributed by atoms with E-state index in [0.29, 0.717) is 13.1 Å². The molecule has 0 radical (unpaired) electrons. The number of para-hydroxylation sites is 2. The van der Waals surface area contributed by atoms with Gasteiger partial charge in [0.25, 0.3) is 5.91 Å². The first-order valence-electron chi connectivity index (χ1n) is 9.56. The maximum absolute atomic E-state index is 12.2. The number of rotatable bonds is 8. The van der Waals surface area contributed by atoms with Gasteiger partial charge in [-0.1, -0.05) is 19.1 Å². The number of hydrogen-bond acceptors (Lipinski definition) is 5. The first-order valence-corrected chi connectivity index (χ1v) is 9.56. The van der Waals surface area contributed by atoms with Crippen molar-refractivity contribution >= 4 is 17.6 Å². The number of hydrogen-bond donors (Lipinski definition) is 2. The molecule has 9 nitrogen and oxygen atoms in total. The number of anilines is 1. The monoisotopic (exact) mass is 385 g/mol. The minimum absolute atomic E-state index is 0.0122. The smallest absolute Gasteiger partial charge is 0.265 e. The number of amides is 1. The summed E-state index contributed by atoms with van der Waals surface area (Å²) in [6.07, 6.45) is 3.40. The van der Waals surface area contributed by atoms with E-state index in [1.54, 1.807) is 18.3 Å². The molecular weight excluding hydrogens is 358 g/mol. The van der Waals surface area contributed by atoms with Crippen LogP contribution in [0.25, 0.3) is 0 Å². The largest absolute Gasteiger partial charge is 0.482 e. The van der Waals surface area contributed by atoms with Crippen molar-refractivity contribution in [2.24, 2.45) is 4.99 Å². The molecule has 9 heteroatoms. The lowest BCUT2D eigenvalue weighted by Gasteiger charge is -2.29. The molecule has 0 bridgehead atoms. The number of fused-ring (bicyclic) bond motifs is 1. The number of aromatic nitrogens is 3. The predicted molar refractivity (Wildman–Crippen MR) is 108 cm³/mol. The van der Waals surface area contributed by atoms with Gasteiger partial charge in [-0.25, -0.2) is 0 Å². The van der Waals surface area contributed by atoms with Crippen LogP contribution in [0, 0.1) is 0 Å². The average molecular weight is 385 g/mol. The second-order valence-electron chi connectivity index (χ2n) is 6.38. The zero-order valence-electron chi connectivity index (χ0n) is 16.4. The SMILES string of the molecule is CCc1nncn1CCNC(=NC)NCCCN1C(=O)COc2ccccc21. The van der Waals surface area contributed by atoms with Gasteiger partial charge >= 0.3 is 0 Å². The fraction of sp³-hybridized carbons (Fsp3) is 0.474. The highest BCUT2D eigenvalue weighted by molar-refractivity contribution is 5.97. The van der Waals surface area contributed by atoms with E-state index < -0.39 is 0 Å². The molecule has 1 aromatic carbocycles. The summed E-state index contributed by atoms with van der Waals surface area (Å²) in [5.74, 6) is 2.45. The number of ether oxygens (including phenoxy) is 1. The zero-order chi connectivity index (χ0) is 19.8. The van der Waals surface area contributed by atoms with E-state index in [-0.39, 0.29) is 12.5 Å². The number of carbonyl (C=O) groups is 1. The van der Waals surface area contributed by atoms with Crippen molar-refractivity contribution in [3.63, 3.8) is 0 Å². The second-order valence-corrected chi connectivity index (χ2v) is 6.38. The first kappa shape index (κ1) is 19.7. The molecule has 3 rings (SSSR count). The van der Waals surface area contributed by atoms with Crippen LogP contribution in [0.5, 0.6) is 5.75 Å². The zero-order valence-corrected chi connectivity index (χ0v) is 16.4. The molecular formula is C19H27N7O2. The normalized spacial score (nSPS) is 13.9. The highest BCUT2D eigenvalue weighted by Crippen LogP contribution is 2.31. The van der Waals surface area contributed by atoms with Crippen LogP contribution in [-0.2, 0) is 17.8 Å². The van der Waals surface area contributed by atoms with Gasteiger partial charge in [0, 0.05) is 39.6 Å². The van der Waals surface area contributed by atoms with Crippen molar-refractivity contribution < 1.29 is 9.53 Å². The van der Waals surface area contributed by atoms with Crippen LogP contribution in [0.2, 0.25) is 0 Å². The second kappa shape index (κ2) is 9.72. The Morgan fingerprint density at radius 2 is 2.07 bits per heavy atom. The van der Waals surface area contributed by atoms with Gasteiger partial charge in [-0.05, 0) is 18.6 Å². The Morgan fingerprint density at radius 1 is 1.25 bits per heavy atom. The maximum Gasteiger partial charge on any atom is 0.265 e. The number of nitrogens with zero attached hydrogens (tertiary/aromatic N) is 5. The van der Waals surface area contributed by atoms with Crippen LogP contribution >= 0.6 is 0 Å². The van der Waals surface area contributed by atoms with Crippen LogP contribution in [0.4, 0.5) is 5.69 Å². The van der Waals surface area contributed by atoms with E-state index in [0.717, 1.165) is 49.2 Å². The average Bonchev–Trinajstić information content (AvgIpc) is 3.18. The molecule has 28 heavy (non-hydrogen) atoms. The van der Waals surface area contributed by atoms with Crippen LogP contribution in [0.3, 0.4) is 0 Å². The first-order chi connectivity index (χ1) is 13.7. The molecule has 0 unspecified atom stereocenters. The number of aryl methyl sites for hydroxylation is 1. The number of carbonyl (C=O) groups excluding carboxylic acids is 1. The Morgan fingerprint density at radius 3 is 2.89 bits per heavy atom. The molecule has 0 spiro atoms. The van der Waals surface area contributed by atoms with E-state index in [4.69, 9.17) is 4.74 Å². The molecule has 2 aromatic rings. The Balaban J connectivity index is 1.41. The highest BCUT2D eigenvalue weighted by atomic mass is 16.5. The lowest BCUT2D eigenvalue weighted by molar-refractivity contribution is -0.121. The predicted octanol–water partition coefficient (Wildman–Crippen LogP) is 0.821. The minimum Gasteiger partial charge on any atom is -0.482 e. The summed E-state index contributed by atoms with van der Waals surface area (Å²) in [5.41, 5.74) is 0.835. The van der Waals surface area contributed by atoms with Crippen molar-refractivity contribution in [3.8, 4) is 5.75 Å². The summed E-state index contributed by atoms with van der Waals surface area (Å²) in [5, 5.41) is 14.6. The van der Waals surface area contributed by atoms with Gasteiger partial charge in [-0.15, -0.1) is 10.2 Å². The van der Waals surface area contributed by atoms with Gasteiger partial charge < -0.3 is 24.8 Å². The highest BCUT2D eigenvalue weighted by Gasteiger charge is 2.24. The van der Waals surface area contributed by atoms with E-state index in [9.17, 15) is 4.79 Å². The third kappa shape index (κ3) is 4.79. The van der Waals surface area contributed by atoms with Crippen molar-refractivity contribution in [1.82, 2.24) is 25.4 Å². The van der Waals surface area contributed by atoms with Crippen molar-refractivity contribution in [3.05, 3.63) is 36.4 Å². The summed E-state index contributed by atoms with van der Waals surface area (Å²) < 4.78 is 7.50. The summed E-state index contributed by atoms with van der Waals surface area (Å²) >= 11 is 0. The van der Waals surface area contributed by atoms with Crippen LogP contribution < -0.4 is 20.3 Å². The molecule has 150 valence electrons. The number of guanidine groups is 1. The molecule has 1 aromatic heterocycles. The molecule has 0 saturated carbocycles. The molecule has 0 atom stereocenters. The maximum atomic E-state index is 12.2. The third-order valence-corrected chi connectivity index (χ3v) is 4.54. The molecule has 0 aliphatic carbocycles. The molecule has 1 amide bonds. The molecule has 1 aliphatic heterocycles. The number of nitrogens with one attached hydrogen (secondary N) is 2. The van der Waals surface area contributed by atoms with E-state index >= 15 is 0 Å². The Labute approximate surface area is 164 Å². The van der Waals surface area contributed by atoms with Crippen LogP contribution in [0.1, 0.15) is 19.2 Å². The van der Waals surface area contributed by atoms with Crippen molar-refractivity contribution in [2.45, 2.75) is 26.3 Å². The van der Waals surface area contributed by atoms with Gasteiger partial charge in [-0.3, -0.25) is 9.79 Å². The Kier molecular flexibility index (Phi) is 6.83. The Bertz CT molecular complexity index is 818.